The van der Waals surface area contributed by atoms with Crippen molar-refractivity contribution in [3.63, 3.8) is 0 Å². The van der Waals surface area contributed by atoms with Crippen LogP contribution < -0.4 is 15.6 Å². The van der Waals surface area contributed by atoms with Gasteiger partial charge in [-0.15, -0.1) is 0 Å². The monoisotopic (exact) mass is 422 g/mol. The molecule has 1 aliphatic rings. The maximum atomic E-state index is 12.4. The first kappa shape index (κ1) is 17.8. The Hall–Kier alpha value is -2.05. The van der Waals surface area contributed by atoms with Crippen LogP contribution in [0.1, 0.15) is 18.4 Å². The zero-order valence-electron chi connectivity index (χ0n) is 13.2. The molecule has 0 aliphatic heterocycles. The second kappa shape index (κ2) is 7.45. The van der Waals surface area contributed by atoms with Crippen LogP contribution in [0.4, 0.5) is 0 Å². The lowest BCUT2D eigenvalue weighted by Gasteiger charge is -2.16. The molecule has 1 aliphatic carbocycles. The maximum Gasteiger partial charge on any atom is 0.276 e. The zero-order chi connectivity index (χ0) is 17.9. The highest BCUT2D eigenvalue weighted by Crippen LogP contribution is 2.48. The number of rotatable bonds is 5. The lowest BCUT2D eigenvalue weighted by molar-refractivity contribution is -0.131. The van der Waals surface area contributed by atoms with Crippen molar-refractivity contribution in [2.45, 2.75) is 18.3 Å². The van der Waals surface area contributed by atoms with Gasteiger partial charge in [-0.25, -0.2) is 0 Å². The Bertz CT molecular complexity index is 791. The lowest BCUT2D eigenvalue weighted by Crippen LogP contribution is -2.48. The molecule has 130 valence electrons. The summed E-state index contributed by atoms with van der Waals surface area (Å²) in [6.45, 7) is -0.188. The first-order valence-corrected chi connectivity index (χ1v) is 8.90. The molecule has 0 unspecified atom stereocenters. The van der Waals surface area contributed by atoms with Crippen LogP contribution in [0.25, 0.3) is 0 Å². The molecular weight excluding hydrogens is 408 g/mol. The van der Waals surface area contributed by atoms with E-state index in [-0.39, 0.29) is 12.5 Å². The third-order valence-corrected chi connectivity index (χ3v) is 4.82. The molecule has 2 amide bonds. The number of hydrogen-bond acceptors (Lipinski definition) is 3. The molecule has 0 atom stereocenters. The summed E-state index contributed by atoms with van der Waals surface area (Å²) >= 11 is 9.32. The Balaban J connectivity index is 1.50. The van der Waals surface area contributed by atoms with E-state index < -0.39 is 11.3 Å². The van der Waals surface area contributed by atoms with Gasteiger partial charge in [0.2, 0.25) is 5.91 Å². The molecule has 1 saturated carbocycles. The first-order chi connectivity index (χ1) is 12.0. The SMILES string of the molecule is O=C(COc1ccc(Br)cc1)NNC(=O)C1(c2cccc(Cl)c2)CC1. The summed E-state index contributed by atoms with van der Waals surface area (Å²) < 4.78 is 6.28. The molecule has 0 spiro atoms. The Morgan fingerprint density at radius 2 is 1.84 bits per heavy atom. The summed E-state index contributed by atoms with van der Waals surface area (Å²) in [6, 6.07) is 14.4. The van der Waals surface area contributed by atoms with E-state index in [0.717, 1.165) is 22.9 Å². The minimum absolute atomic E-state index is 0.188. The van der Waals surface area contributed by atoms with Crippen molar-refractivity contribution in [2.75, 3.05) is 6.61 Å². The number of hydrogen-bond donors (Lipinski definition) is 2. The van der Waals surface area contributed by atoms with Crippen molar-refractivity contribution < 1.29 is 14.3 Å². The van der Waals surface area contributed by atoms with Gasteiger partial charge in [0, 0.05) is 9.50 Å². The molecule has 25 heavy (non-hydrogen) atoms. The van der Waals surface area contributed by atoms with Crippen LogP contribution in [0.2, 0.25) is 5.02 Å². The third-order valence-electron chi connectivity index (χ3n) is 4.06. The predicted molar refractivity (Wildman–Crippen MR) is 98.3 cm³/mol. The van der Waals surface area contributed by atoms with Crippen molar-refractivity contribution in [3.05, 3.63) is 63.6 Å². The molecule has 7 heteroatoms. The Kier molecular flexibility index (Phi) is 5.30. The number of carbonyl (C=O) groups is 2. The zero-order valence-corrected chi connectivity index (χ0v) is 15.6. The maximum absolute atomic E-state index is 12.4. The van der Waals surface area contributed by atoms with Crippen LogP contribution in [0.3, 0.4) is 0 Å². The van der Waals surface area contributed by atoms with E-state index in [9.17, 15) is 9.59 Å². The summed E-state index contributed by atoms with van der Waals surface area (Å²) in [5.41, 5.74) is 5.12. The van der Waals surface area contributed by atoms with E-state index in [0.29, 0.717) is 10.8 Å². The van der Waals surface area contributed by atoms with Gasteiger partial charge in [0.1, 0.15) is 5.75 Å². The number of ether oxygens (including phenoxy) is 1. The van der Waals surface area contributed by atoms with Crippen LogP contribution >= 0.6 is 27.5 Å². The number of nitrogens with one attached hydrogen (secondary N) is 2. The van der Waals surface area contributed by atoms with E-state index in [1.165, 1.54) is 0 Å². The van der Waals surface area contributed by atoms with E-state index in [2.05, 4.69) is 26.8 Å². The van der Waals surface area contributed by atoms with Gasteiger partial charge in [-0.2, -0.15) is 0 Å². The van der Waals surface area contributed by atoms with Gasteiger partial charge in [0.25, 0.3) is 5.91 Å². The molecule has 2 aromatic carbocycles. The number of hydrazine groups is 1. The van der Waals surface area contributed by atoms with Gasteiger partial charge in [-0.1, -0.05) is 39.7 Å². The summed E-state index contributed by atoms with van der Waals surface area (Å²) in [6.07, 6.45) is 1.45. The quantitative estimate of drug-likeness (QED) is 0.725. The summed E-state index contributed by atoms with van der Waals surface area (Å²) in [5, 5.41) is 0.587. The highest BCUT2D eigenvalue weighted by atomic mass is 79.9. The van der Waals surface area contributed by atoms with Gasteiger partial charge in [0.05, 0.1) is 5.41 Å². The average Bonchev–Trinajstić information content (AvgIpc) is 3.41. The molecule has 1 fully saturated rings. The van der Waals surface area contributed by atoms with Gasteiger partial charge < -0.3 is 4.74 Å². The van der Waals surface area contributed by atoms with Crippen molar-refractivity contribution in [1.29, 1.82) is 0 Å². The van der Waals surface area contributed by atoms with Crippen LogP contribution in [-0.2, 0) is 15.0 Å². The van der Waals surface area contributed by atoms with E-state index in [1.54, 1.807) is 24.3 Å². The predicted octanol–water partition coefficient (Wildman–Crippen LogP) is 3.36. The molecule has 0 heterocycles. The summed E-state index contributed by atoms with van der Waals surface area (Å²) in [4.78, 5) is 24.3. The molecule has 0 radical (unpaired) electrons. The van der Waals surface area contributed by atoms with Crippen LogP contribution in [-0.4, -0.2) is 18.4 Å². The molecular formula is C18H16BrClN2O3. The van der Waals surface area contributed by atoms with Gasteiger partial charge >= 0.3 is 0 Å². The minimum Gasteiger partial charge on any atom is -0.484 e. The molecule has 0 saturated heterocycles. The van der Waals surface area contributed by atoms with Crippen LogP contribution in [0.15, 0.2) is 53.0 Å². The van der Waals surface area contributed by atoms with E-state index in [4.69, 9.17) is 16.3 Å². The van der Waals surface area contributed by atoms with Crippen molar-refractivity contribution in [1.82, 2.24) is 10.9 Å². The van der Waals surface area contributed by atoms with Gasteiger partial charge in [-0.3, -0.25) is 20.4 Å². The Labute approximate surface area is 158 Å². The third kappa shape index (κ3) is 4.32. The smallest absolute Gasteiger partial charge is 0.276 e. The summed E-state index contributed by atoms with van der Waals surface area (Å²) in [7, 11) is 0. The molecule has 2 aromatic rings. The second-order valence-corrected chi connectivity index (χ2v) is 7.19. The fourth-order valence-corrected chi connectivity index (χ4v) is 2.97. The summed E-state index contributed by atoms with van der Waals surface area (Å²) in [5.74, 6) is -0.104. The highest BCUT2D eigenvalue weighted by Gasteiger charge is 2.51. The fourth-order valence-electron chi connectivity index (χ4n) is 2.52. The molecule has 2 N–H and O–H groups in total. The second-order valence-electron chi connectivity index (χ2n) is 5.84. The fraction of sp³-hybridized carbons (Fsp3) is 0.222. The lowest BCUT2D eigenvalue weighted by atomic mass is 9.95. The number of carbonyl (C=O) groups excluding carboxylic acids is 2. The van der Waals surface area contributed by atoms with E-state index >= 15 is 0 Å². The molecule has 5 nitrogen and oxygen atoms in total. The molecule has 0 aromatic heterocycles. The number of amides is 2. The molecule has 0 bridgehead atoms. The first-order valence-electron chi connectivity index (χ1n) is 7.73. The Morgan fingerprint density at radius 1 is 1.12 bits per heavy atom. The Morgan fingerprint density at radius 3 is 2.48 bits per heavy atom. The standard InChI is InChI=1S/C18H16BrClN2O3/c19-13-4-6-15(7-5-13)25-11-16(23)21-22-17(24)18(8-9-18)12-2-1-3-14(20)10-12/h1-7,10H,8-9,11H2,(H,21,23)(H,22,24). The number of benzene rings is 2. The largest absolute Gasteiger partial charge is 0.484 e. The minimum atomic E-state index is -0.606. The van der Waals surface area contributed by atoms with Crippen molar-refractivity contribution in [3.8, 4) is 5.75 Å². The van der Waals surface area contributed by atoms with Gasteiger partial charge in [-0.05, 0) is 54.8 Å². The van der Waals surface area contributed by atoms with Crippen LogP contribution in [0.5, 0.6) is 5.75 Å². The van der Waals surface area contributed by atoms with Gasteiger partial charge in [0.15, 0.2) is 6.61 Å². The highest BCUT2D eigenvalue weighted by molar-refractivity contribution is 9.10. The topological polar surface area (TPSA) is 67.4 Å². The normalized spacial score (nSPS) is 14.5. The molecule has 3 rings (SSSR count). The average molecular weight is 424 g/mol. The van der Waals surface area contributed by atoms with Crippen molar-refractivity contribution in [2.24, 2.45) is 0 Å². The van der Waals surface area contributed by atoms with E-state index in [1.807, 2.05) is 24.3 Å². The number of halogens is 2. The van der Waals surface area contributed by atoms with Crippen LogP contribution in [0, 0.1) is 0 Å². The van der Waals surface area contributed by atoms with Crippen molar-refractivity contribution >= 4 is 39.3 Å².